The van der Waals surface area contributed by atoms with Crippen LogP contribution in [0.5, 0.6) is 5.75 Å². The Kier molecular flexibility index (Phi) is 5.70. The van der Waals surface area contributed by atoms with E-state index in [0.717, 1.165) is 16.8 Å². The molecule has 144 valence electrons. The summed E-state index contributed by atoms with van der Waals surface area (Å²) in [6.07, 6.45) is 1.20. The number of aryl methyl sites for hydroxylation is 2. The van der Waals surface area contributed by atoms with Crippen molar-refractivity contribution in [2.45, 2.75) is 6.92 Å². The second-order valence-corrected chi connectivity index (χ2v) is 6.61. The van der Waals surface area contributed by atoms with Crippen LogP contribution in [0.4, 0.5) is 10.5 Å². The zero-order valence-corrected chi connectivity index (χ0v) is 16.4. The minimum absolute atomic E-state index is 0.234. The number of amides is 1. The monoisotopic (exact) mass is 398 g/mol. The van der Waals surface area contributed by atoms with Crippen LogP contribution >= 0.6 is 11.6 Å². The molecule has 1 heterocycles. The van der Waals surface area contributed by atoms with Gasteiger partial charge < -0.3 is 14.0 Å². The molecule has 0 aliphatic rings. The molecule has 0 spiro atoms. The predicted molar refractivity (Wildman–Crippen MR) is 108 cm³/mol. The van der Waals surface area contributed by atoms with Crippen molar-refractivity contribution in [3.8, 4) is 17.0 Å². The van der Waals surface area contributed by atoms with Gasteiger partial charge in [-0.05, 0) is 61.0 Å². The molecular formula is C21H19ClN2O4. The van der Waals surface area contributed by atoms with Crippen LogP contribution < -0.4 is 10.1 Å². The molecule has 0 bridgehead atoms. The Hall–Kier alpha value is -3.25. The lowest BCUT2D eigenvalue weighted by molar-refractivity contribution is 0.0602. The van der Waals surface area contributed by atoms with Crippen molar-refractivity contribution in [2.24, 2.45) is 7.05 Å². The Labute approximate surface area is 167 Å². The average Bonchev–Trinajstić information content (AvgIpc) is 3.09. The molecule has 0 saturated carbocycles. The van der Waals surface area contributed by atoms with Gasteiger partial charge in [0, 0.05) is 29.5 Å². The fourth-order valence-electron chi connectivity index (χ4n) is 2.85. The zero-order chi connectivity index (χ0) is 20.3. The van der Waals surface area contributed by atoms with Crippen LogP contribution in [0.3, 0.4) is 0 Å². The number of ether oxygens (including phenoxy) is 2. The van der Waals surface area contributed by atoms with Crippen LogP contribution in [0, 0.1) is 6.92 Å². The summed E-state index contributed by atoms with van der Waals surface area (Å²) < 4.78 is 12.1. The van der Waals surface area contributed by atoms with Crippen LogP contribution in [0.15, 0.2) is 54.7 Å². The highest BCUT2D eigenvalue weighted by molar-refractivity contribution is 6.30. The third-order valence-corrected chi connectivity index (χ3v) is 4.50. The number of hydrogen-bond acceptors (Lipinski definition) is 4. The molecule has 0 unspecified atom stereocenters. The number of carbonyl (C=O) groups excluding carboxylic acids is 2. The molecule has 3 rings (SSSR count). The standard InChI is InChI=1S/C21H19ClN2O4/c1-13-11-18(23-21(26)28-15-8-6-14(22)7-9-15)17(20(25)27-3)12-16(13)19-5-4-10-24(19)2/h4-12H,1-3H3,(H,23,26). The second-order valence-electron chi connectivity index (χ2n) is 6.18. The van der Waals surface area contributed by atoms with E-state index in [1.807, 2.05) is 36.9 Å². The fourth-order valence-corrected chi connectivity index (χ4v) is 2.98. The van der Waals surface area contributed by atoms with E-state index in [2.05, 4.69) is 5.32 Å². The number of aromatic nitrogens is 1. The van der Waals surface area contributed by atoms with E-state index < -0.39 is 12.1 Å². The lowest BCUT2D eigenvalue weighted by Crippen LogP contribution is -2.19. The maximum atomic E-state index is 12.3. The molecular weight excluding hydrogens is 380 g/mol. The highest BCUT2D eigenvalue weighted by Gasteiger charge is 2.19. The van der Waals surface area contributed by atoms with Gasteiger partial charge in [-0.3, -0.25) is 5.32 Å². The minimum Gasteiger partial charge on any atom is -0.465 e. The maximum Gasteiger partial charge on any atom is 0.417 e. The van der Waals surface area contributed by atoms with Gasteiger partial charge in [-0.2, -0.15) is 0 Å². The zero-order valence-electron chi connectivity index (χ0n) is 15.7. The van der Waals surface area contributed by atoms with E-state index in [4.69, 9.17) is 21.1 Å². The van der Waals surface area contributed by atoms with Crippen LogP contribution in [-0.4, -0.2) is 23.7 Å². The smallest absolute Gasteiger partial charge is 0.417 e. The van der Waals surface area contributed by atoms with Gasteiger partial charge in [0.25, 0.3) is 0 Å². The average molecular weight is 399 g/mol. The third-order valence-electron chi connectivity index (χ3n) is 4.25. The van der Waals surface area contributed by atoms with Crippen molar-refractivity contribution in [2.75, 3.05) is 12.4 Å². The Morgan fingerprint density at radius 3 is 2.43 bits per heavy atom. The summed E-state index contributed by atoms with van der Waals surface area (Å²) in [4.78, 5) is 24.6. The number of halogens is 1. The Balaban J connectivity index is 1.92. The van der Waals surface area contributed by atoms with E-state index in [1.54, 1.807) is 36.4 Å². The molecule has 0 saturated heterocycles. The largest absolute Gasteiger partial charge is 0.465 e. The first kappa shape index (κ1) is 19.5. The molecule has 3 aromatic rings. The molecule has 1 amide bonds. The van der Waals surface area contributed by atoms with Gasteiger partial charge in [0.05, 0.1) is 18.4 Å². The van der Waals surface area contributed by atoms with Crippen molar-refractivity contribution < 1.29 is 19.1 Å². The summed E-state index contributed by atoms with van der Waals surface area (Å²) in [6, 6.07) is 13.7. The topological polar surface area (TPSA) is 69.6 Å². The van der Waals surface area contributed by atoms with Crippen LogP contribution in [-0.2, 0) is 11.8 Å². The predicted octanol–water partition coefficient (Wildman–Crippen LogP) is 5.05. The van der Waals surface area contributed by atoms with Crippen molar-refractivity contribution in [1.82, 2.24) is 4.57 Å². The van der Waals surface area contributed by atoms with Crippen LogP contribution in [0.25, 0.3) is 11.3 Å². The van der Waals surface area contributed by atoms with Gasteiger partial charge in [0.2, 0.25) is 0 Å². The quantitative estimate of drug-likeness (QED) is 0.624. The number of nitrogens with zero attached hydrogens (tertiary/aromatic N) is 1. The summed E-state index contributed by atoms with van der Waals surface area (Å²) >= 11 is 5.83. The van der Waals surface area contributed by atoms with Gasteiger partial charge in [0.15, 0.2) is 0 Å². The molecule has 7 heteroatoms. The number of benzene rings is 2. The normalized spacial score (nSPS) is 10.4. The summed E-state index contributed by atoms with van der Waals surface area (Å²) in [5.41, 5.74) is 3.23. The SMILES string of the molecule is COC(=O)c1cc(-c2cccn2C)c(C)cc1NC(=O)Oc1ccc(Cl)cc1. The van der Waals surface area contributed by atoms with Crippen molar-refractivity contribution in [3.63, 3.8) is 0 Å². The van der Waals surface area contributed by atoms with E-state index in [1.165, 1.54) is 7.11 Å². The highest BCUT2D eigenvalue weighted by Crippen LogP contribution is 2.30. The molecule has 28 heavy (non-hydrogen) atoms. The van der Waals surface area contributed by atoms with Crippen LogP contribution in [0.1, 0.15) is 15.9 Å². The molecule has 1 aromatic heterocycles. The van der Waals surface area contributed by atoms with E-state index >= 15 is 0 Å². The summed E-state index contributed by atoms with van der Waals surface area (Å²) in [5.74, 6) is -0.226. The van der Waals surface area contributed by atoms with Gasteiger partial charge in [-0.1, -0.05) is 11.6 Å². The number of methoxy groups -OCH3 is 1. The maximum absolute atomic E-state index is 12.3. The Bertz CT molecular complexity index is 1030. The molecule has 6 nitrogen and oxygen atoms in total. The van der Waals surface area contributed by atoms with Gasteiger partial charge in [-0.15, -0.1) is 0 Å². The first-order valence-electron chi connectivity index (χ1n) is 8.48. The Morgan fingerprint density at radius 2 is 1.82 bits per heavy atom. The second kappa shape index (κ2) is 8.19. The summed E-state index contributed by atoms with van der Waals surface area (Å²) in [7, 11) is 3.21. The Morgan fingerprint density at radius 1 is 1.11 bits per heavy atom. The lowest BCUT2D eigenvalue weighted by atomic mass is 10.00. The molecule has 0 aliphatic carbocycles. The number of carbonyl (C=O) groups is 2. The van der Waals surface area contributed by atoms with Crippen molar-refractivity contribution >= 4 is 29.4 Å². The number of hydrogen-bond donors (Lipinski definition) is 1. The van der Waals surface area contributed by atoms with E-state index in [9.17, 15) is 9.59 Å². The van der Waals surface area contributed by atoms with E-state index in [0.29, 0.717) is 16.5 Å². The summed E-state index contributed by atoms with van der Waals surface area (Å²) in [5, 5.41) is 3.15. The minimum atomic E-state index is -0.724. The number of rotatable bonds is 4. The fraction of sp³-hybridized carbons (Fsp3) is 0.143. The van der Waals surface area contributed by atoms with Crippen LogP contribution in [0.2, 0.25) is 5.02 Å². The molecule has 0 fully saturated rings. The van der Waals surface area contributed by atoms with Gasteiger partial charge in [0.1, 0.15) is 5.75 Å². The lowest BCUT2D eigenvalue weighted by Gasteiger charge is -2.15. The number of esters is 1. The number of anilines is 1. The molecule has 0 radical (unpaired) electrons. The molecule has 2 aromatic carbocycles. The third kappa shape index (κ3) is 4.18. The van der Waals surface area contributed by atoms with Crippen molar-refractivity contribution in [3.05, 3.63) is 70.9 Å². The van der Waals surface area contributed by atoms with Gasteiger partial charge in [-0.25, -0.2) is 9.59 Å². The molecule has 1 N–H and O–H groups in total. The highest BCUT2D eigenvalue weighted by atomic mass is 35.5. The summed E-state index contributed by atoms with van der Waals surface area (Å²) in [6.45, 7) is 1.90. The first-order valence-corrected chi connectivity index (χ1v) is 8.86. The molecule has 0 atom stereocenters. The van der Waals surface area contributed by atoms with Gasteiger partial charge >= 0.3 is 12.1 Å². The first-order chi connectivity index (χ1) is 13.4. The molecule has 0 aliphatic heterocycles. The van der Waals surface area contributed by atoms with Crippen molar-refractivity contribution in [1.29, 1.82) is 0 Å². The number of nitrogens with one attached hydrogen (secondary N) is 1. The van der Waals surface area contributed by atoms with E-state index in [-0.39, 0.29) is 5.56 Å².